The summed E-state index contributed by atoms with van der Waals surface area (Å²) < 4.78 is 64.0. The number of rotatable bonds is 30. The predicted octanol–water partition coefficient (Wildman–Crippen LogP) is 7.57. The molecule has 0 saturated carbocycles. The van der Waals surface area contributed by atoms with E-state index in [1.54, 1.807) is 54.4 Å². The van der Waals surface area contributed by atoms with Crippen LogP contribution < -0.4 is 24.8 Å². The Morgan fingerprint density at radius 3 is 2.43 bits per heavy atom. The van der Waals surface area contributed by atoms with Crippen molar-refractivity contribution in [1.29, 1.82) is 0 Å². The van der Waals surface area contributed by atoms with E-state index in [1.165, 1.54) is 35.9 Å². The van der Waals surface area contributed by atoms with Crippen molar-refractivity contribution in [1.82, 2.24) is 25.1 Å². The minimum Gasteiger partial charge on any atom is -0.494 e. The molecule has 0 bridgehead atoms. The number of allylic oxidation sites excluding steroid dienone is 2. The zero-order chi connectivity index (χ0) is 59.3. The molecule has 1 saturated heterocycles. The SMILES string of the molecule is COc1cc(C(C)OC(=O)ON2C(=O)CCC2=O)c([N+](=O)[O-])cc1OCCN(C)CCNC(=O)C(CSOOO)NC(=O)CCCOc1ccc(/C=C/c2cc(C)c3n2[B-](F)(F)[N+]2=C(c4cccs4)C=C(CCC[N+](C)(C)C)C2=C3)cc1. The highest BCUT2D eigenvalue weighted by Gasteiger charge is 2.54. The molecule has 3 aliphatic rings. The first-order valence-corrected chi connectivity index (χ1v) is 28.0. The number of thiophene rings is 1. The van der Waals surface area contributed by atoms with Gasteiger partial charge < -0.3 is 56.6 Å². The van der Waals surface area contributed by atoms with Crippen molar-refractivity contribution in [3.8, 4) is 17.2 Å². The zero-order valence-electron chi connectivity index (χ0n) is 46.4. The van der Waals surface area contributed by atoms with Gasteiger partial charge in [-0.15, -0.1) is 15.7 Å². The third-order valence-corrected chi connectivity index (χ3v) is 15.0. The molecule has 82 heavy (non-hydrogen) atoms. The van der Waals surface area contributed by atoms with Crippen LogP contribution in [0.25, 0.3) is 18.2 Å². The maximum Gasteiger partial charge on any atom is 0.737 e. The molecule has 23 nitrogen and oxygen atoms in total. The molecule has 3 N–H and O–H groups in total. The smallest absolute Gasteiger partial charge is 0.494 e. The third-order valence-electron chi connectivity index (χ3n) is 13.4. The minimum atomic E-state index is -4.26. The average Bonchev–Trinajstić information content (AvgIpc) is 2.34. The van der Waals surface area contributed by atoms with Crippen LogP contribution in [-0.4, -0.2) is 163 Å². The van der Waals surface area contributed by atoms with Crippen molar-refractivity contribution in [2.75, 3.05) is 80.4 Å². The normalized spacial score (nSPS) is 15.5. The number of carbonyl (C=O) groups excluding carboxylic acids is 5. The largest absolute Gasteiger partial charge is 0.737 e. The lowest BCUT2D eigenvalue weighted by Gasteiger charge is -2.31. The number of nitrogens with one attached hydrogen (secondary N) is 2. The number of halogens is 2. The molecule has 2 aromatic carbocycles. The van der Waals surface area contributed by atoms with Crippen molar-refractivity contribution in [3.05, 3.63) is 120 Å². The summed E-state index contributed by atoms with van der Waals surface area (Å²) in [7, 11) is 9.42. The lowest BCUT2D eigenvalue weighted by molar-refractivity contribution is -0.870. The number of methoxy groups -OCH3 is 1. The maximum absolute atomic E-state index is 17.1. The van der Waals surface area contributed by atoms with Gasteiger partial charge in [-0.3, -0.25) is 34.1 Å². The number of hydrogen-bond donors (Lipinski definition) is 3. The monoisotopic (exact) mass is 1180 g/mol. The van der Waals surface area contributed by atoms with Gasteiger partial charge in [-0.2, -0.15) is 0 Å². The number of benzene rings is 2. The number of ether oxygens (including phenoxy) is 4. The number of nitro benzene ring substituents is 1. The second-order valence-corrected chi connectivity index (χ2v) is 22.1. The van der Waals surface area contributed by atoms with E-state index in [4.69, 9.17) is 29.0 Å². The highest BCUT2D eigenvalue weighted by atomic mass is 32.2. The van der Waals surface area contributed by atoms with Crippen LogP contribution >= 0.6 is 23.4 Å². The number of nitro groups is 1. The highest BCUT2D eigenvalue weighted by Crippen LogP contribution is 2.41. The Balaban J connectivity index is 0.854. The molecule has 1 fully saturated rings. The van der Waals surface area contributed by atoms with E-state index in [-0.39, 0.29) is 73.4 Å². The van der Waals surface area contributed by atoms with Crippen LogP contribution in [0.15, 0.2) is 77.3 Å². The molecule has 2 aromatic heterocycles. The van der Waals surface area contributed by atoms with Crippen molar-refractivity contribution < 1.29 is 84.9 Å². The molecule has 2 atom stereocenters. The summed E-state index contributed by atoms with van der Waals surface area (Å²) in [5, 5.41) is 31.9. The lowest BCUT2D eigenvalue weighted by atomic mass is 9.88. The van der Waals surface area contributed by atoms with Crippen molar-refractivity contribution in [3.63, 3.8) is 0 Å². The highest BCUT2D eigenvalue weighted by molar-refractivity contribution is 7.94. The fraction of sp³-hybridized carbons (Fsp3) is 0.407. The molecular formula is C54H66BF2N8O15S2+. The average molecular weight is 1180 g/mol. The first-order valence-electron chi connectivity index (χ1n) is 26.3. The summed E-state index contributed by atoms with van der Waals surface area (Å²) in [5.74, 6) is -1.97. The lowest BCUT2D eigenvalue weighted by Crippen LogP contribution is -2.51. The van der Waals surface area contributed by atoms with Crippen molar-refractivity contribution >= 4 is 89.8 Å². The Labute approximate surface area is 480 Å². The van der Waals surface area contributed by atoms with Crippen LogP contribution in [-0.2, 0) is 38.1 Å². The number of likely N-dealkylation sites (N-methyl/N-ethyl adjacent to an activating group) is 1. The molecule has 28 heteroatoms. The van der Waals surface area contributed by atoms with Crippen LogP contribution in [0.1, 0.15) is 84.5 Å². The van der Waals surface area contributed by atoms with Crippen LogP contribution in [0, 0.1) is 17.0 Å². The number of aryl methyl sites for hydroxylation is 1. The Hall–Kier alpha value is -7.47. The van der Waals surface area contributed by atoms with Crippen LogP contribution in [0.2, 0.25) is 0 Å². The summed E-state index contributed by atoms with van der Waals surface area (Å²) in [6.07, 6.45) is 6.18. The standard InChI is InChI=1S/C54H65BF2N8O15S2/c1-35-29-39(61-43(35)32-44-38(11-8-25-65(4,5)6)30-46(49-12-10-28-81-49)62(44)55(61,56)57)17-14-37-15-18-40(19-16-37)75-26-9-13-50(66)59-42(34-82-80-79-73)53(69)58-22-23-60(3)24-27-76-48-33-45(64(71)72)41(31-47(48)74-7)36(2)77-54(70)78-63-51(67)20-21-52(63)68/h10,12,14-19,28-33,36,42H,8-9,11,13,20-27,34H2,1-7H3,(H2-,58,59,66,69,73)/p+1/b17-14+. The fourth-order valence-corrected chi connectivity index (χ4v) is 10.5. The molecular weight excluding hydrogens is 1110 g/mol. The molecule has 0 radical (unpaired) electrons. The fourth-order valence-electron chi connectivity index (χ4n) is 9.29. The van der Waals surface area contributed by atoms with Gasteiger partial charge in [0, 0.05) is 86.5 Å². The quantitative estimate of drug-likeness (QED) is 0.00524. The number of amides is 4. The number of aromatic nitrogens is 1. The first-order chi connectivity index (χ1) is 39.1. The van der Waals surface area contributed by atoms with E-state index in [2.05, 4.69) is 41.1 Å². The number of carbonyl (C=O) groups is 5. The van der Waals surface area contributed by atoms with Gasteiger partial charge in [0.15, 0.2) is 22.9 Å². The molecule has 0 aliphatic carbocycles. The van der Waals surface area contributed by atoms with Gasteiger partial charge in [0.25, 0.3) is 17.5 Å². The first kappa shape index (κ1) is 62.1. The second-order valence-electron chi connectivity index (χ2n) is 20.5. The van der Waals surface area contributed by atoms with E-state index in [1.807, 2.05) is 36.6 Å². The predicted molar refractivity (Wildman–Crippen MR) is 301 cm³/mol. The molecule has 4 aromatic rings. The number of quaternary nitrogens is 1. The van der Waals surface area contributed by atoms with E-state index < -0.39 is 59.5 Å². The molecule has 2 unspecified atom stereocenters. The Bertz CT molecular complexity index is 3110. The summed E-state index contributed by atoms with van der Waals surface area (Å²) in [4.78, 5) is 80.8. The third kappa shape index (κ3) is 16.0. The van der Waals surface area contributed by atoms with Gasteiger partial charge in [0.2, 0.25) is 11.8 Å². The van der Waals surface area contributed by atoms with Gasteiger partial charge >= 0.3 is 13.1 Å². The van der Waals surface area contributed by atoms with Gasteiger partial charge in [0.05, 0.1) is 68.6 Å². The number of hydrogen-bond acceptors (Lipinski definition) is 18. The van der Waals surface area contributed by atoms with Crippen LogP contribution in [0.3, 0.4) is 0 Å². The molecule has 0 spiro atoms. The van der Waals surface area contributed by atoms with E-state index in [0.717, 1.165) is 49.6 Å². The molecule has 440 valence electrons. The Kier molecular flexibility index (Phi) is 21.2. The van der Waals surface area contributed by atoms with E-state index >= 15 is 8.63 Å². The topological polar surface area (TPSA) is 252 Å². The summed E-state index contributed by atoms with van der Waals surface area (Å²) in [6.45, 7) is 0.728. The maximum atomic E-state index is 17.1. The Morgan fingerprint density at radius 1 is 1.01 bits per heavy atom. The minimum absolute atomic E-state index is 0.000483. The van der Waals surface area contributed by atoms with Gasteiger partial charge in [0.1, 0.15) is 24.5 Å². The molecule has 5 heterocycles. The summed E-state index contributed by atoms with van der Waals surface area (Å²) in [5.41, 5.74) is 3.78. The second kappa shape index (κ2) is 28.0. The van der Waals surface area contributed by atoms with Gasteiger partial charge in [-0.05, 0) is 86.7 Å². The number of imide groups is 1. The molecule has 7 rings (SSSR count). The van der Waals surface area contributed by atoms with Crippen LogP contribution in [0.4, 0.5) is 19.1 Å². The van der Waals surface area contributed by atoms with E-state index in [0.29, 0.717) is 60.0 Å². The Morgan fingerprint density at radius 2 is 1.76 bits per heavy atom. The number of nitrogens with zero attached hydrogens (tertiary/aromatic N) is 6. The van der Waals surface area contributed by atoms with E-state index in [9.17, 15) is 34.1 Å². The van der Waals surface area contributed by atoms with Crippen molar-refractivity contribution in [2.45, 2.75) is 64.5 Å². The summed E-state index contributed by atoms with van der Waals surface area (Å²) >= 11 is 2.03. The summed E-state index contributed by atoms with van der Waals surface area (Å²) in [6, 6.07) is 13.9. The zero-order valence-corrected chi connectivity index (χ0v) is 48.1. The molecule has 3 aliphatic heterocycles. The van der Waals surface area contributed by atoms with Crippen molar-refractivity contribution in [2.24, 2.45) is 0 Å². The number of fused-ring (bicyclic) bond motifs is 2. The van der Waals surface area contributed by atoms with Gasteiger partial charge in [-0.1, -0.05) is 34.4 Å². The van der Waals surface area contributed by atoms with Crippen LogP contribution in [0.5, 0.6) is 17.2 Å². The molecule has 4 amide bonds. The number of hydroxylamine groups is 2. The van der Waals surface area contributed by atoms with Gasteiger partial charge in [-0.25, -0.2) is 10.1 Å².